The number of amides is 1. The summed E-state index contributed by atoms with van der Waals surface area (Å²) in [6.45, 7) is 4.33. The van der Waals surface area contributed by atoms with E-state index in [-0.39, 0.29) is 5.57 Å². The van der Waals surface area contributed by atoms with Crippen LogP contribution in [0.5, 0.6) is 5.75 Å². The van der Waals surface area contributed by atoms with Crippen LogP contribution in [0, 0.1) is 32.3 Å². The standard InChI is InChI=1S/C25H19ClI2N2O2/c1-15-7-8-20(9-16(15)2)30-25(31)19(13-29)10-17-11-22(27)24(23(28)12-17)32-14-18-5-3-4-6-21(18)26/h3-12H,14H2,1-2H3,(H,30,31)/b19-10+. The molecule has 0 aromatic heterocycles. The summed E-state index contributed by atoms with van der Waals surface area (Å²) < 4.78 is 7.75. The number of ether oxygens (including phenoxy) is 1. The molecule has 0 aliphatic carbocycles. The molecule has 3 aromatic rings. The lowest BCUT2D eigenvalue weighted by Gasteiger charge is -2.12. The van der Waals surface area contributed by atoms with Gasteiger partial charge >= 0.3 is 0 Å². The molecule has 0 aliphatic rings. The van der Waals surface area contributed by atoms with Gasteiger partial charge in [-0.25, -0.2) is 0 Å². The lowest BCUT2D eigenvalue weighted by Crippen LogP contribution is -2.13. The first-order valence-corrected chi connectivity index (χ1v) is 12.2. The average molecular weight is 669 g/mol. The number of anilines is 1. The maximum Gasteiger partial charge on any atom is 0.266 e. The van der Waals surface area contributed by atoms with Crippen LogP contribution in [0.2, 0.25) is 5.02 Å². The van der Waals surface area contributed by atoms with Gasteiger partial charge in [0.15, 0.2) is 0 Å². The lowest BCUT2D eigenvalue weighted by molar-refractivity contribution is -0.112. The molecule has 7 heteroatoms. The van der Waals surface area contributed by atoms with E-state index in [9.17, 15) is 10.1 Å². The molecule has 0 atom stereocenters. The van der Waals surface area contributed by atoms with E-state index in [1.54, 1.807) is 6.08 Å². The summed E-state index contributed by atoms with van der Waals surface area (Å²) in [5, 5.41) is 13.0. The maximum absolute atomic E-state index is 12.6. The molecule has 32 heavy (non-hydrogen) atoms. The molecule has 1 amide bonds. The first-order chi connectivity index (χ1) is 15.3. The predicted octanol–water partition coefficient (Wildman–Crippen LogP) is 7.29. The molecule has 0 fully saturated rings. The molecule has 3 aromatic carbocycles. The molecule has 162 valence electrons. The molecule has 0 heterocycles. The Morgan fingerprint density at radius 2 is 1.78 bits per heavy atom. The fourth-order valence-electron chi connectivity index (χ4n) is 2.90. The number of halogens is 3. The predicted molar refractivity (Wildman–Crippen MR) is 146 cm³/mol. The van der Waals surface area contributed by atoms with Gasteiger partial charge in [-0.2, -0.15) is 5.26 Å². The van der Waals surface area contributed by atoms with E-state index in [1.807, 2.05) is 74.5 Å². The number of benzene rings is 3. The highest BCUT2D eigenvalue weighted by molar-refractivity contribution is 14.1. The zero-order chi connectivity index (χ0) is 23.3. The average Bonchev–Trinajstić information content (AvgIpc) is 2.75. The monoisotopic (exact) mass is 668 g/mol. The van der Waals surface area contributed by atoms with Crippen molar-refractivity contribution in [3.63, 3.8) is 0 Å². The van der Waals surface area contributed by atoms with Crippen LogP contribution in [0.4, 0.5) is 5.69 Å². The summed E-state index contributed by atoms with van der Waals surface area (Å²) in [4.78, 5) is 12.6. The van der Waals surface area contributed by atoms with Gasteiger partial charge in [-0.3, -0.25) is 4.79 Å². The van der Waals surface area contributed by atoms with Gasteiger partial charge in [-0.15, -0.1) is 0 Å². The number of hydrogen-bond acceptors (Lipinski definition) is 3. The van der Waals surface area contributed by atoms with Gasteiger partial charge in [0, 0.05) is 16.3 Å². The molecule has 0 saturated heterocycles. The quantitative estimate of drug-likeness (QED) is 0.171. The van der Waals surface area contributed by atoms with Crippen LogP contribution in [-0.4, -0.2) is 5.91 Å². The molecule has 0 spiro atoms. The number of hydrogen-bond donors (Lipinski definition) is 1. The smallest absolute Gasteiger partial charge is 0.266 e. The molecule has 1 N–H and O–H groups in total. The number of nitrogens with one attached hydrogen (secondary N) is 1. The molecule has 0 aliphatic heterocycles. The Labute approximate surface area is 219 Å². The van der Waals surface area contributed by atoms with E-state index in [2.05, 4.69) is 50.5 Å². The van der Waals surface area contributed by atoms with Gasteiger partial charge < -0.3 is 10.1 Å². The van der Waals surface area contributed by atoms with E-state index >= 15 is 0 Å². The zero-order valence-electron chi connectivity index (χ0n) is 17.4. The van der Waals surface area contributed by atoms with Crippen LogP contribution >= 0.6 is 56.8 Å². The summed E-state index contributed by atoms with van der Waals surface area (Å²) in [6, 6.07) is 19.0. The van der Waals surface area contributed by atoms with Gasteiger partial charge in [0.1, 0.15) is 24.0 Å². The van der Waals surface area contributed by atoms with Crippen molar-refractivity contribution < 1.29 is 9.53 Å². The minimum absolute atomic E-state index is 0.0274. The van der Waals surface area contributed by atoms with Gasteiger partial charge in [0.05, 0.1) is 7.14 Å². The number of aryl methyl sites for hydroxylation is 2. The first-order valence-electron chi connectivity index (χ1n) is 9.64. The van der Waals surface area contributed by atoms with Crippen molar-refractivity contribution in [2.24, 2.45) is 0 Å². The first kappa shape index (κ1) is 24.6. The molecule has 4 nitrogen and oxygen atoms in total. The van der Waals surface area contributed by atoms with E-state index in [0.717, 1.165) is 35.1 Å². The normalized spacial score (nSPS) is 11.1. The van der Waals surface area contributed by atoms with Crippen molar-refractivity contribution in [2.75, 3.05) is 5.32 Å². The lowest BCUT2D eigenvalue weighted by atomic mass is 10.1. The second-order valence-electron chi connectivity index (χ2n) is 7.12. The Hall–Kier alpha value is -2.09. The van der Waals surface area contributed by atoms with Crippen molar-refractivity contribution in [2.45, 2.75) is 20.5 Å². The fourth-order valence-corrected chi connectivity index (χ4v) is 5.22. The molecule has 0 radical (unpaired) electrons. The third-order valence-electron chi connectivity index (χ3n) is 4.79. The second kappa shape index (κ2) is 11.2. The minimum atomic E-state index is -0.445. The number of carbonyl (C=O) groups is 1. The largest absolute Gasteiger partial charge is 0.487 e. The van der Waals surface area contributed by atoms with Crippen LogP contribution in [0.3, 0.4) is 0 Å². The minimum Gasteiger partial charge on any atom is -0.487 e. The van der Waals surface area contributed by atoms with E-state index < -0.39 is 5.91 Å². The van der Waals surface area contributed by atoms with Crippen molar-refractivity contribution in [1.29, 1.82) is 5.26 Å². The summed E-state index contributed by atoms with van der Waals surface area (Å²) >= 11 is 10.6. The fraction of sp³-hybridized carbons (Fsp3) is 0.120. The Morgan fingerprint density at radius 3 is 2.41 bits per heavy atom. The maximum atomic E-state index is 12.6. The van der Waals surface area contributed by atoms with E-state index in [0.29, 0.717) is 17.3 Å². The van der Waals surface area contributed by atoms with Crippen LogP contribution < -0.4 is 10.1 Å². The van der Waals surface area contributed by atoms with Crippen LogP contribution in [-0.2, 0) is 11.4 Å². The highest BCUT2D eigenvalue weighted by Crippen LogP contribution is 2.31. The molecule has 3 rings (SSSR count). The topological polar surface area (TPSA) is 62.1 Å². The zero-order valence-corrected chi connectivity index (χ0v) is 22.4. The molecule has 0 unspecified atom stereocenters. The number of carbonyl (C=O) groups excluding carboxylic acids is 1. The summed E-state index contributed by atoms with van der Waals surface area (Å²) in [5.41, 5.74) is 4.54. The molecule has 0 bridgehead atoms. The molecule has 0 saturated carbocycles. The van der Waals surface area contributed by atoms with Crippen LogP contribution in [0.25, 0.3) is 6.08 Å². The van der Waals surface area contributed by atoms with Gasteiger partial charge in [0.25, 0.3) is 5.91 Å². The number of rotatable bonds is 6. The number of nitrogens with zero attached hydrogens (tertiary/aromatic N) is 1. The van der Waals surface area contributed by atoms with E-state index in [4.69, 9.17) is 16.3 Å². The van der Waals surface area contributed by atoms with Crippen molar-refractivity contribution >= 4 is 74.5 Å². The number of nitriles is 1. The Bertz CT molecular complexity index is 1230. The highest BCUT2D eigenvalue weighted by atomic mass is 127. The Morgan fingerprint density at radius 1 is 1.09 bits per heavy atom. The second-order valence-corrected chi connectivity index (χ2v) is 9.85. The van der Waals surface area contributed by atoms with Gasteiger partial charge in [0.2, 0.25) is 0 Å². The van der Waals surface area contributed by atoms with Crippen molar-refractivity contribution in [3.8, 4) is 11.8 Å². The van der Waals surface area contributed by atoms with E-state index in [1.165, 1.54) is 0 Å². The van der Waals surface area contributed by atoms with Crippen molar-refractivity contribution in [1.82, 2.24) is 0 Å². The molecular weight excluding hydrogens is 650 g/mol. The summed E-state index contributed by atoms with van der Waals surface area (Å²) in [7, 11) is 0. The SMILES string of the molecule is Cc1ccc(NC(=O)/C(C#N)=C/c2cc(I)c(OCc3ccccc3Cl)c(I)c2)cc1C. The summed E-state index contributed by atoms with van der Waals surface area (Å²) in [6.07, 6.45) is 1.58. The highest BCUT2D eigenvalue weighted by Gasteiger charge is 2.13. The Balaban J connectivity index is 1.78. The van der Waals surface area contributed by atoms with Gasteiger partial charge in [-0.1, -0.05) is 35.9 Å². The summed E-state index contributed by atoms with van der Waals surface area (Å²) in [5.74, 6) is 0.293. The van der Waals surface area contributed by atoms with Crippen LogP contribution in [0.1, 0.15) is 22.3 Å². The third kappa shape index (κ3) is 6.24. The van der Waals surface area contributed by atoms with Crippen molar-refractivity contribution in [3.05, 3.63) is 94.6 Å². The Kier molecular flexibility index (Phi) is 8.57. The molecular formula is C25H19ClI2N2O2. The van der Waals surface area contributed by atoms with Crippen LogP contribution in [0.15, 0.2) is 60.2 Å². The third-order valence-corrected chi connectivity index (χ3v) is 6.76. The van der Waals surface area contributed by atoms with Gasteiger partial charge in [-0.05, 0) is 112 Å².